The number of ether oxygens (including phenoxy) is 3. The van der Waals surface area contributed by atoms with Crippen LogP contribution in [0.15, 0.2) is 60.2 Å². The molecule has 0 aliphatic heterocycles. The van der Waals surface area contributed by atoms with Gasteiger partial charge in [-0.1, -0.05) is 17.2 Å². The standard InChI is InChI=1S/C28H29ClF2N2O5/c1-17(2)15-28(35,16-32-27(34)19-6-8-22(38-12-11-30)24(14-19)37-4)25-10-9-23(36-3)26(33-25)18-5-7-21(31)20(29)13-18/h5-10,13-15,35H,11-12,16H2,1-4H3,(H,32,34). The summed E-state index contributed by atoms with van der Waals surface area (Å²) in [7, 11) is 2.88. The molecule has 38 heavy (non-hydrogen) atoms. The van der Waals surface area contributed by atoms with Crippen LogP contribution in [0.2, 0.25) is 5.02 Å². The lowest BCUT2D eigenvalue weighted by molar-refractivity contribution is 0.0714. The summed E-state index contributed by atoms with van der Waals surface area (Å²) in [6.07, 6.45) is 1.58. The number of carbonyl (C=O) groups excluding carboxylic acids is 1. The first-order valence-corrected chi connectivity index (χ1v) is 12.0. The lowest BCUT2D eigenvalue weighted by Crippen LogP contribution is -2.40. The van der Waals surface area contributed by atoms with Gasteiger partial charge in [0.25, 0.3) is 5.91 Å². The number of amides is 1. The number of aliphatic hydroxyl groups is 1. The van der Waals surface area contributed by atoms with Crippen LogP contribution in [0.4, 0.5) is 8.78 Å². The van der Waals surface area contributed by atoms with Crippen molar-refractivity contribution in [3.05, 3.63) is 82.3 Å². The summed E-state index contributed by atoms with van der Waals surface area (Å²) in [6.45, 7) is 2.58. The van der Waals surface area contributed by atoms with Gasteiger partial charge in [0.2, 0.25) is 0 Å². The molecule has 1 heterocycles. The number of nitrogens with one attached hydrogen (secondary N) is 1. The maximum absolute atomic E-state index is 13.7. The fourth-order valence-electron chi connectivity index (χ4n) is 3.79. The zero-order valence-corrected chi connectivity index (χ0v) is 22.2. The van der Waals surface area contributed by atoms with Gasteiger partial charge < -0.3 is 24.6 Å². The number of allylic oxidation sites excluding steroid dienone is 1. The van der Waals surface area contributed by atoms with Crippen LogP contribution in [0, 0.1) is 5.82 Å². The summed E-state index contributed by atoms with van der Waals surface area (Å²) >= 11 is 5.97. The minimum atomic E-state index is -1.70. The second-order valence-electron chi connectivity index (χ2n) is 8.61. The molecule has 10 heteroatoms. The quantitative estimate of drug-likeness (QED) is 0.309. The Morgan fingerprint density at radius 2 is 1.79 bits per heavy atom. The lowest BCUT2D eigenvalue weighted by Gasteiger charge is -2.26. The van der Waals surface area contributed by atoms with E-state index in [1.807, 2.05) is 0 Å². The van der Waals surface area contributed by atoms with Crippen molar-refractivity contribution in [2.24, 2.45) is 0 Å². The Balaban J connectivity index is 1.93. The first-order valence-electron chi connectivity index (χ1n) is 11.7. The number of rotatable bonds is 11. The fourth-order valence-corrected chi connectivity index (χ4v) is 3.97. The third kappa shape index (κ3) is 6.79. The van der Waals surface area contributed by atoms with Gasteiger partial charge in [-0.3, -0.25) is 4.79 Å². The zero-order chi connectivity index (χ0) is 27.9. The number of aromatic nitrogens is 1. The third-order valence-corrected chi connectivity index (χ3v) is 5.81. The molecule has 1 unspecified atom stereocenters. The van der Waals surface area contributed by atoms with Gasteiger partial charge in [-0.15, -0.1) is 0 Å². The topological polar surface area (TPSA) is 89.9 Å². The molecule has 7 nitrogen and oxygen atoms in total. The Hall–Kier alpha value is -3.69. The molecule has 202 valence electrons. The SMILES string of the molecule is COc1cc(C(=O)NCC(O)(C=C(C)C)c2ccc(OC)c(-c3ccc(F)c(Cl)c3)n2)ccc1OCCF. The van der Waals surface area contributed by atoms with Crippen molar-refractivity contribution in [3.63, 3.8) is 0 Å². The van der Waals surface area contributed by atoms with Crippen LogP contribution < -0.4 is 19.5 Å². The number of carbonyl (C=O) groups is 1. The summed E-state index contributed by atoms with van der Waals surface area (Å²) in [5, 5.41) is 14.3. The average molecular weight is 547 g/mol. The van der Waals surface area contributed by atoms with Crippen LogP contribution in [-0.4, -0.2) is 50.0 Å². The highest BCUT2D eigenvalue weighted by Crippen LogP contribution is 2.34. The number of pyridine rings is 1. The molecule has 0 radical (unpaired) electrons. The van der Waals surface area contributed by atoms with E-state index >= 15 is 0 Å². The van der Waals surface area contributed by atoms with E-state index in [2.05, 4.69) is 10.3 Å². The molecule has 3 rings (SSSR count). The molecule has 2 N–H and O–H groups in total. The van der Waals surface area contributed by atoms with Crippen molar-refractivity contribution >= 4 is 17.5 Å². The molecule has 3 aromatic rings. The molecule has 0 aliphatic carbocycles. The van der Waals surface area contributed by atoms with Gasteiger partial charge in [0, 0.05) is 11.1 Å². The fraction of sp³-hybridized carbons (Fsp3) is 0.286. The highest BCUT2D eigenvalue weighted by atomic mass is 35.5. The number of nitrogens with zero attached hydrogens (tertiary/aromatic N) is 1. The monoisotopic (exact) mass is 546 g/mol. The summed E-state index contributed by atoms with van der Waals surface area (Å²) in [5.74, 6) is -0.0984. The van der Waals surface area contributed by atoms with Crippen LogP contribution in [-0.2, 0) is 5.60 Å². The number of halogens is 3. The van der Waals surface area contributed by atoms with E-state index in [1.54, 1.807) is 32.1 Å². The highest BCUT2D eigenvalue weighted by molar-refractivity contribution is 6.31. The lowest BCUT2D eigenvalue weighted by atomic mass is 9.95. The second-order valence-corrected chi connectivity index (χ2v) is 9.02. The first kappa shape index (κ1) is 28.9. The van der Waals surface area contributed by atoms with Crippen LogP contribution in [0.25, 0.3) is 11.3 Å². The Morgan fingerprint density at radius 1 is 1.08 bits per heavy atom. The highest BCUT2D eigenvalue weighted by Gasteiger charge is 2.31. The van der Waals surface area contributed by atoms with Crippen molar-refractivity contribution in [1.82, 2.24) is 10.3 Å². The molecular formula is C28H29ClF2N2O5. The van der Waals surface area contributed by atoms with E-state index < -0.39 is 24.0 Å². The van der Waals surface area contributed by atoms with Crippen LogP contribution in [0.3, 0.4) is 0 Å². The Labute approximate surface area is 225 Å². The van der Waals surface area contributed by atoms with Gasteiger partial charge in [-0.05, 0) is 68.5 Å². The van der Waals surface area contributed by atoms with Crippen molar-refractivity contribution in [2.45, 2.75) is 19.4 Å². The van der Waals surface area contributed by atoms with E-state index in [9.17, 15) is 18.7 Å². The summed E-state index contributed by atoms with van der Waals surface area (Å²) in [4.78, 5) is 17.6. The van der Waals surface area contributed by atoms with E-state index in [0.717, 1.165) is 5.57 Å². The predicted molar refractivity (Wildman–Crippen MR) is 141 cm³/mol. The molecule has 0 aliphatic rings. The molecule has 2 aromatic carbocycles. The summed E-state index contributed by atoms with van der Waals surface area (Å²) in [5.41, 5.74) is 0.379. The molecular weight excluding hydrogens is 518 g/mol. The van der Waals surface area contributed by atoms with Gasteiger partial charge >= 0.3 is 0 Å². The van der Waals surface area contributed by atoms with E-state index in [1.165, 1.54) is 50.6 Å². The molecule has 1 atom stereocenters. The molecule has 0 saturated heterocycles. The third-order valence-electron chi connectivity index (χ3n) is 5.52. The van der Waals surface area contributed by atoms with E-state index in [-0.39, 0.29) is 35.2 Å². The normalized spacial score (nSPS) is 12.3. The Kier molecular flexibility index (Phi) is 9.66. The number of hydrogen-bond donors (Lipinski definition) is 2. The van der Waals surface area contributed by atoms with Gasteiger partial charge in [0.05, 0.1) is 31.5 Å². The van der Waals surface area contributed by atoms with Crippen molar-refractivity contribution in [1.29, 1.82) is 0 Å². The second kappa shape index (κ2) is 12.7. The predicted octanol–water partition coefficient (Wildman–Crippen LogP) is 5.49. The smallest absolute Gasteiger partial charge is 0.251 e. The van der Waals surface area contributed by atoms with Gasteiger partial charge in [-0.25, -0.2) is 13.8 Å². The molecule has 1 aromatic heterocycles. The number of benzene rings is 2. The largest absolute Gasteiger partial charge is 0.494 e. The average Bonchev–Trinajstić information content (AvgIpc) is 2.91. The maximum atomic E-state index is 13.7. The van der Waals surface area contributed by atoms with Crippen molar-refractivity contribution in [2.75, 3.05) is 34.0 Å². The minimum Gasteiger partial charge on any atom is -0.494 e. The minimum absolute atomic E-state index is 0.0832. The van der Waals surface area contributed by atoms with Gasteiger partial charge in [0.1, 0.15) is 36.1 Å². The van der Waals surface area contributed by atoms with Crippen molar-refractivity contribution < 1.29 is 32.9 Å². The van der Waals surface area contributed by atoms with Crippen LogP contribution in [0.5, 0.6) is 17.2 Å². The Morgan fingerprint density at radius 3 is 2.42 bits per heavy atom. The molecule has 0 bridgehead atoms. The number of alkyl halides is 1. The summed E-state index contributed by atoms with van der Waals surface area (Å²) < 4.78 is 42.2. The van der Waals surface area contributed by atoms with Crippen LogP contribution >= 0.6 is 11.6 Å². The van der Waals surface area contributed by atoms with Crippen molar-refractivity contribution in [3.8, 4) is 28.5 Å². The van der Waals surface area contributed by atoms with Crippen LogP contribution in [0.1, 0.15) is 29.9 Å². The molecule has 0 spiro atoms. The Bertz CT molecular complexity index is 1330. The summed E-state index contributed by atoms with van der Waals surface area (Å²) in [6, 6.07) is 11.8. The molecule has 0 saturated carbocycles. The van der Waals surface area contributed by atoms with E-state index in [0.29, 0.717) is 22.8 Å². The molecule has 1 amide bonds. The van der Waals surface area contributed by atoms with E-state index in [4.69, 9.17) is 25.8 Å². The molecule has 0 fully saturated rings. The van der Waals surface area contributed by atoms with Gasteiger partial charge in [-0.2, -0.15) is 0 Å². The number of hydrogen-bond acceptors (Lipinski definition) is 6. The first-order chi connectivity index (χ1) is 18.1. The maximum Gasteiger partial charge on any atom is 0.251 e. The zero-order valence-electron chi connectivity index (χ0n) is 21.5. The number of methoxy groups -OCH3 is 2. The van der Waals surface area contributed by atoms with Gasteiger partial charge in [0.15, 0.2) is 11.5 Å².